The molecule has 1 aromatic heterocycles. The van der Waals surface area contributed by atoms with Gasteiger partial charge in [-0.2, -0.15) is 0 Å². The van der Waals surface area contributed by atoms with Crippen LogP contribution in [0.15, 0.2) is 52.5 Å². The van der Waals surface area contributed by atoms with E-state index in [0.717, 1.165) is 5.52 Å². The molecule has 9 heteroatoms. The number of nitrogens with zero attached hydrogens (tertiary/aromatic N) is 2. The molecule has 0 spiro atoms. The Balaban J connectivity index is 1.93. The minimum Gasteiger partial charge on any atom is -0.319 e. The predicted molar refractivity (Wildman–Crippen MR) is 103 cm³/mol. The third kappa shape index (κ3) is 4.05. The van der Waals surface area contributed by atoms with E-state index >= 15 is 0 Å². The normalized spacial score (nSPS) is 13.0. The van der Waals surface area contributed by atoms with Crippen LogP contribution in [0.5, 0.6) is 0 Å². The van der Waals surface area contributed by atoms with Crippen molar-refractivity contribution in [3.05, 3.63) is 53.8 Å². The van der Waals surface area contributed by atoms with Gasteiger partial charge < -0.3 is 4.57 Å². The summed E-state index contributed by atoms with van der Waals surface area (Å²) in [5.41, 5.74) is 1.67. The number of thioether (sulfide) groups is 1. The molecule has 2 aromatic carbocycles. The van der Waals surface area contributed by atoms with Crippen molar-refractivity contribution >= 4 is 38.6 Å². The van der Waals surface area contributed by atoms with Crippen LogP contribution in [0, 0.1) is 5.82 Å². The van der Waals surface area contributed by atoms with Gasteiger partial charge in [-0.1, -0.05) is 11.8 Å². The number of nitrogens with two attached hydrogens (primary N) is 1. The molecule has 0 aliphatic heterocycles. The Morgan fingerprint density at radius 3 is 2.52 bits per heavy atom. The van der Waals surface area contributed by atoms with E-state index in [0.29, 0.717) is 22.8 Å². The van der Waals surface area contributed by atoms with E-state index in [1.807, 2.05) is 11.5 Å². The lowest BCUT2D eigenvalue weighted by molar-refractivity contribution is 0.0993. The van der Waals surface area contributed by atoms with Gasteiger partial charge in [0.15, 0.2) is 10.9 Å². The maximum Gasteiger partial charge on any atom is 0.238 e. The molecule has 0 bridgehead atoms. The lowest BCUT2D eigenvalue weighted by atomic mass is 10.1. The van der Waals surface area contributed by atoms with E-state index in [1.165, 1.54) is 48.2 Å². The second-order valence-corrected chi connectivity index (χ2v) is 8.83. The molecule has 0 radical (unpaired) electrons. The fourth-order valence-electron chi connectivity index (χ4n) is 2.72. The highest BCUT2D eigenvalue weighted by atomic mass is 32.2. The maximum absolute atomic E-state index is 13.0. The van der Waals surface area contributed by atoms with Gasteiger partial charge in [-0.05, 0) is 56.3 Å². The van der Waals surface area contributed by atoms with E-state index in [9.17, 15) is 17.6 Å². The van der Waals surface area contributed by atoms with Crippen LogP contribution >= 0.6 is 11.8 Å². The van der Waals surface area contributed by atoms with Crippen molar-refractivity contribution in [1.29, 1.82) is 0 Å². The van der Waals surface area contributed by atoms with Crippen LogP contribution in [0.3, 0.4) is 0 Å². The molecule has 0 unspecified atom stereocenters. The number of rotatable bonds is 6. The number of hydrogen-bond acceptors (Lipinski definition) is 5. The number of aryl methyl sites for hydroxylation is 1. The monoisotopic (exact) mass is 407 g/mol. The summed E-state index contributed by atoms with van der Waals surface area (Å²) in [4.78, 5) is 17.1. The topological polar surface area (TPSA) is 95.0 Å². The van der Waals surface area contributed by atoms with Crippen LogP contribution < -0.4 is 5.14 Å². The summed E-state index contributed by atoms with van der Waals surface area (Å²) < 4.78 is 38.1. The fraction of sp³-hybridized carbons (Fsp3) is 0.222. The van der Waals surface area contributed by atoms with Crippen LogP contribution in [0.2, 0.25) is 0 Å². The minimum absolute atomic E-state index is 0.0114. The summed E-state index contributed by atoms with van der Waals surface area (Å²) in [6.45, 7) is 4.29. The zero-order chi connectivity index (χ0) is 19.8. The second-order valence-electron chi connectivity index (χ2n) is 5.97. The van der Waals surface area contributed by atoms with Gasteiger partial charge in [0.2, 0.25) is 10.0 Å². The van der Waals surface area contributed by atoms with Gasteiger partial charge in [0.1, 0.15) is 5.82 Å². The molecule has 2 N–H and O–H groups in total. The fourth-order valence-corrected chi connectivity index (χ4v) is 4.32. The van der Waals surface area contributed by atoms with Gasteiger partial charge in [-0.15, -0.1) is 0 Å². The molecule has 0 aliphatic rings. The summed E-state index contributed by atoms with van der Waals surface area (Å²) in [7, 11) is -3.82. The lowest BCUT2D eigenvalue weighted by Gasteiger charge is -2.11. The standard InChI is InChI=1S/C18H18FN3O3S2/c1-3-22-16-9-8-14(27(20,24)25)10-15(16)21-18(22)26-11(2)17(23)12-4-6-13(19)7-5-12/h4-11H,3H2,1-2H3,(H2,20,24,25)/t11-/m1/s1. The zero-order valence-corrected chi connectivity index (χ0v) is 16.3. The van der Waals surface area contributed by atoms with Crippen LogP contribution in [0.1, 0.15) is 24.2 Å². The van der Waals surface area contributed by atoms with E-state index in [4.69, 9.17) is 5.14 Å². The molecule has 3 rings (SSSR count). The van der Waals surface area contributed by atoms with Crippen LogP contribution in [-0.2, 0) is 16.6 Å². The molecule has 0 fully saturated rings. The number of carbonyl (C=O) groups excluding carboxylic acids is 1. The smallest absolute Gasteiger partial charge is 0.238 e. The molecule has 0 aliphatic carbocycles. The summed E-state index contributed by atoms with van der Waals surface area (Å²) in [5.74, 6) is -0.537. The SMILES string of the molecule is CCn1c(S[C@H](C)C(=O)c2ccc(F)cc2)nc2cc(S(N)(=O)=O)ccc21. The molecule has 1 heterocycles. The van der Waals surface area contributed by atoms with E-state index in [1.54, 1.807) is 13.0 Å². The van der Waals surface area contributed by atoms with E-state index in [2.05, 4.69) is 4.98 Å². The molecule has 0 amide bonds. The van der Waals surface area contributed by atoms with Crippen LogP contribution in [0.25, 0.3) is 11.0 Å². The number of ketones is 1. The molecule has 142 valence electrons. The van der Waals surface area contributed by atoms with Crippen LogP contribution in [-0.4, -0.2) is 29.0 Å². The molecule has 0 saturated heterocycles. The Labute approximate surface area is 160 Å². The second kappa shape index (κ2) is 7.41. The van der Waals surface area contributed by atoms with Crippen LogP contribution in [0.4, 0.5) is 4.39 Å². The number of halogens is 1. The summed E-state index contributed by atoms with van der Waals surface area (Å²) in [6, 6.07) is 9.93. The highest BCUT2D eigenvalue weighted by Crippen LogP contribution is 2.30. The first kappa shape index (κ1) is 19.5. The van der Waals surface area contributed by atoms with Crippen molar-refractivity contribution in [2.24, 2.45) is 5.14 Å². The first-order chi connectivity index (χ1) is 12.7. The molecule has 0 saturated carbocycles. The first-order valence-corrected chi connectivity index (χ1v) is 10.6. The average Bonchev–Trinajstić information content (AvgIpc) is 2.97. The van der Waals surface area contributed by atoms with Gasteiger partial charge in [-0.3, -0.25) is 4.79 Å². The third-order valence-corrected chi connectivity index (χ3v) is 6.11. The number of sulfonamides is 1. The van der Waals surface area contributed by atoms with Gasteiger partial charge in [0.05, 0.1) is 21.2 Å². The highest BCUT2D eigenvalue weighted by molar-refractivity contribution is 8.00. The van der Waals surface area contributed by atoms with Crippen molar-refractivity contribution in [2.75, 3.05) is 0 Å². The van der Waals surface area contributed by atoms with Crippen molar-refractivity contribution in [3.63, 3.8) is 0 Å². The zero-order valence-electron chi connectivity index (χ0n) is 14.7. The van der Waals surface area contributed by atoms with Gasteiger partial charge in [0.25, 0.3) is 0 Å². The number of benzene rings is 2. The summed E-state index contributed by atoms with van der Waals surface area (Å²) in [6.07, 6.45) is 0. The number of aromatic nitrogens is 2. The molecule has 1 atom stereocenters. The first-order valence-electron chi connectivity index (χ1n) is 8.20. The molecule has 3 aromatic rings. The van der Waals surface area contributed by atoms with Crippen molar-refractivity contribution in [3.8, 4) is 0 Å². The van der Waals surface area contributed by atoms with E-state index < -0.39 is 21.1 Å². The van der Waals surface area contributed by atoms with Crippen molar-refractivity contribution < 1.29 is 17.6 Å². The lowest BCUT2D eigenvalue weighted by Crippen LogP contribution is -2.14. The minimum atomic E-state index is -3.82. The summed E-state index contributed by atoms with van der Waals surface area (Å²) in [5, 5.41) is 5.33. The number of primary sulfonamides is 1. The molecule has 6 nitrogen and oxygen atoms in total. The van der Waals surface area contributed by atoms with Crippen molar-refractivity contribution in [2.45, 2.75) is 35.7 Å². The Morgan fingerprint density at radius 2 is 1.93 bits per heavy atom. The largest absolute Gasteiger partial charge is 0.319 e. The quantitative estimate of drug-likeness (QED) is 0.500. The number of Topliss-reactive ketones (excluding diaryl/α,β-unsaturated/α-hetero) is 1. The number of carbonyl (C=O) groups is 1. The molecular formula is C18H18FN3O3S2. The molecular weight excluding hydrogens is 389 g/mol. The van der Waals surface area contributed by atoms with E-state index in [-0.39, 0.29) is 10.7 Å². The average molecular weight is 407 g/mol. The Hall–Kier alpha value is -2.23. The molecule has 27 heavy (non-hydrogen) atoms. The van der Waals surface area contributed by atoms with Gasteiger partial charge in [0, 0.05) is 12.1 Å². The number of fused-ring (bicyclic) bond motifs is 1. The number of hydrogen-bond donors (Lipinski definition) is 1. The van der Waals surface area contributed by atoms with Gasteiger partial charge in [-0.25, -0.2) is 22.9 Å². The summed E-state index contributed by atoms with van der Waals surface area (Å²) >= 11 is 1.27. The Morgan fingerprint density at radius 1 is 1.26 bits per heavy atom. The highest BCUT2D eigenvalue weighted by Gasteiger charge is 2.21. The Kier molecular flexibility index (Phi) is 5.36. The predicted octanol–water partition coefficient (Wildman–Crippen LogP) is 3.21. The maximum atomic E-state index is 13.0. The van der Waals surface area contributed by atoms with Gasteiger partial charge >= 0.3 is 0 Å². The Bertz CT molecular complexity index is 1110. The van der Waals surface area contributed by atoms with Crippen molar-refractivity contribution in [1.82, 2.24) is 9.55 Å². The number of imidazole rings is 1. The third-order valence-electron chi connectivity index (χ3n) is 4.11.